The van der Waals surface area contributed by atoms with Crippen LogP contribution in [0.4, 0.5) is 0 Å². The van der Waals surface area contributed by atoms with Crippen molar-refractivity contribution in [2.24, 2.45) is 5.73 Å². The van der Waals surface area contributed by atoms with Gasteiger partial charge in [0.1, 0.15) is 0 Å². The molecule has 0 aliphatic rings. The molecule has 0 aliphatic carbocycles. The minimum absolute atomic E-state index is 0.0597. The second kappa shape index (κ2) is 5.49. The Kier molecular flexibility index (Phi) is 4.57. The van der Waals surface area contributed by atoms with Gasteiger partial charge in [-0.15, -0.1) is 0 Å². The first-order valence-electron chi connectivity index (χ1n) is 4.68. The van der Waals surface area contributed by atoms with Crippen molar-refractivity contribution in [3.8, 4) is 0 Å². The Bertz CT molecular complexity index is 400. The Morgan fingerprint density at radius 2 is 1.80 bits per heavy atom. The highest BCUT2D eigenvalue weighted by Crippen LogP contribution is 2.12. The van der Waals surface area contributed by atoms with E-state index in [4.69, 9.17) is 17.3 Å². The first-order valence-corrected chi connectivity index (χ1v) is 6.88. The lowest BCUT2D eigenvalue weighted by Gasteiger charge is -2.03. The highest BCUT2D eigenvalue weighted by molar-refractivity contribution is 7.90. The van der Waals surface area contributed by atoms with Crippen LogP contribution in [0, 0.1) is 0 Å². The van der Waals surface area contributed by atoms with Gasteiger partial charge in [0.2, 0.25) is 0 Å². The lowest BCUT2D eigenvalue weighted by Crippen LogP contribution is -2.13. The lowest BCUT2D eigenvalue weighted by molar-refractivity contribution is 0.593. The molecule has 1 aromatic rings. The summed E-state index contributed by atoms with van der Waals surface area (Å²) < 4.78 is 23.1. The third kappa shape index (κ3) is 4.64. The van der Waals surface area contributed by atoms with Crippen molar-refractivity contribution in [3.63, 3.8) is 0 Å². The zero-order valence-electron chi connectivity index (χ0n) is 8.32. The molecule has 0 aromatic heterocycles. The van der Waals surface area contributed by atoms with E-state index in [0.29, 0.717) is 18.0 Å². The number of rotatable bonds is 5. The minimum Gasteiger partial charge on any atom is -0.330 e. The fraction of sp³-hybridized carbons (Fsp3) is 0.400. The van der Waals surface area contributed by atoms with Crippen LogP contribution < -0.4 is 5.73 Å². The fourth-order valence-corrected chi connectivity index (χ4v) is 2.79. The van der Waals surface area contributed by atoms with Gasteiger partial charge in [0.05, 0.1) is 11.5 Å². The van der Waals surface area contributed by atoms with Gasteiger partial charge < -0.3 is 5.73 Å². The first-order chi connectivity index (χ1) is 7.03. The van der Waals surface area contributed by atoms with Crippen molar-refractivity contribution >= 4 is 21.4 Å². The standard InChI is InChI=1S/C10H14ClNO2S/c11-10-4-2-9(3-5-10)8-15(13,14)7-1-6-12/h2-5H,1,6-8,12H2. The SMILES string of the molecule is NCCCS(=O)(=O)Cc1ccc(Cl)cc1. The second-order valence-electron chi connectivity index (χ2n) is 3.36. The molecule has 0 amide bonds. The lowest BCUT2D eigenvalue weighted by atomic mass is 10.2. The number of nitrogens with two attached hydrogens (primary N) is 1. The van der Waals surface area contributed by atoms with E-state index in [0.717, 1.165) is 5.56 Å². The third-order valence-corrected chi connectivity index (χ3v) is 3.90. The van der Waals surface area contributed by atoms with Gasteiger partial charge in [0, 0.05) is 5.02 Å². The molecule has 0 saturated heterocycles. The Balaban J connectivity index is 2.65. The van der Waals surface area contributed by atoms with Crippen molar-refractivity contribution in [3.05, 3.63) is 34.9 Å². The van der Waals surface area contributed by atoms with Crippen molar-refractivity contribution < 1.29 is 8.42 Å². The van der Waals surface area contributed by atoms with E-state index in [1.54, 1.807) is 24.3 Å². The monoisotopic (exact) mass is 247 g/mol. The molecule has 3 nitrogen and oxygen atoms in total. The number of sulfone groups is 1. The molecule has 0 heterocycles. The predicted molar refractivity (Wildman–Crippen MR) is 62.6 cm³/mol. The molecular weight excluding hydrogens is 234 g/mol. The molecule has 0 aliphatic heterocycles. The number of halogens is 1. The van der Waals surface area contributed by atoms with E-state index in [2.05, 4.69) is 0 Å². The minimum atomic E-state index is -3.03. The summed E-state index contributed by atoms with van der Waals surface area (Å²) in [6.45, 7) is 0.403. The Morgan fingerprint density at radius 3 is 2.33 bits per heavy atom. The molecule has 0 spiro atoms. The van der Waals surface area contributed by atoms with E-state index < -0.39 is 9.84 Å². The Labute approximate surface area is 95.2 Å². The molecule has 2 N–H and O–H groups in total. The van der Waals surface area contributed by atoms with Crippen LogP contribution in [0.1, 0.15) is 12.0 Å². The van der Waals surface area contributed by atoms with Crippen LogP contribution in [0.2, 0.25) is 5.02 Å². The largest absolute Gasteiger partial charge is 0.330 e. The van der Waals surface area contributed by atoms with E-state index in [1.807, 2.05) is 0 Å². The maximum absolute atomic E-state index is 11.6. The van der Waals surface area contributed by atoms with E-state index >= 15 is 0 Å². The smallest absolute Gasteiger partial charge is 0.154 e. The molecule has 0 atom stereocenters. The number of hydrogen-bond acceptors (Lipinski definition) is 3. The quantitative estimate of drug-likeness (QED) is 0.860. The summed E-state index contributed by atoms with van der Waals surface area (Å²) in [5.74, 6) is 0.205. The summed E-state index contributed by atoms with van der Waals surface area (Å²) in [5.41, 5.74) is 6.03. The molecule has 15 heavy (non-hydrogen) atoms. The summed E-state index contributed by atoms with van der Waals surface area (Å²) in [6, 6.07) is 6.83. The summed E-state index contributed by atoms with van der Waals surface area (Å²) in [7, 11) is -3.03. The van der Waals surface area contributed by atoms with E-state index in [1.165, 1.54) is 0 Å². The molecule has 1 aromatic carbocycles. The predicted octanol–water partition coefficient (Wildman–Crippen LogP) is 1.60. The summed E-state index contributed by atoms with van der Waals surface area (Å²) in [4.78, 5) is 0. The molecule has 1 rings (SSSR count). The zero-order chi connectivity index (χ0) is 11.3. The molecular formula is C10H14ClNO2S. The van der Waals surface area contributed by atoms with Gasteiger partial charge in [-0.1, -0.05) is 23.7 Å². The van der Waals surface area contributed by atoms with Gasteiger partial charge in [-0.2, -0.15) is 0 Å². The van der Waals surface area contributed by atoms with Crippen molar-refractivity contribution in [2.45, 2.75) is 12.2 Å². The van der Waals surface area contributed by atoms with Crippen LogP contribution >= 0.6 is 11.6 Å². The maximum Gasteiger partial charge on any atom is 0.154 e. The van der Waals surface area contributed by atoms with Crippen LogP contribution in [0.5, 0.6) is 0 Å². The van der Waals surface area contributed by atoms with Gasteiger partial charge in [-0.3, -0.25) is 0 Å². The van der Waals surface area contributed by atoms with Gasteiger partial charge in [-0.25, -0.2) is 8.42 Å². The van der Waals surface area contributed by atoms with E-state index in [-0.39, 0.29) is 11.5 Å². The summed E-state index contributed by atoms with van der Waals surface area (Å²) in [5, 5.41) is 0.609. The molecule has 0 bridgehead atoms. The third-order valence-electron chi connectivity index (χ3n) is 1.96. The first kappa shape index (κ1) is 12.5. The average Bonchev–Trinajstić information content (AvgIpc) is 2.18. The van der Waals surface area contributed by atoms with Crippen molar-refractivity contribution in [1.29, 1.82) is 0 Å². The fourth-order valence-electron chi connectivity index (χ4n) is 1.21. The molecule has 5 heteroatoms. The van der Waals surface area contributed by atoms with Crippen LogP contribution in [0.15, 0.2) is 24.3 Å². The number of hydrogen-bond donors (Lipinski definition) is 1. The van der Waals surface area contributed by atoms with Crippen molar-refractivity contribution in [2.75, 3.05) is 12.3 Å². The normalized spacial score (nSPS) is 11.6. The second-order valence-corrected chi connectivity index (χ2v) is 5.98. The molecule has 0 fully saturated rings. The Morgan fingerprint density at radius 1 is 1.20 bits per heavy atom. The van der Waals surface area contributed by atoms with Gasteiger partial charge >= 0.3 is 0 Å². The van der Waals surface area contributed by atoms with Crippen molar-refractivity contribution in [1.82, 2.24) is 0 Å². The van der Waals surface area contributed by atoms with Gasteiger partial charge in [0.15, 0.2) is 9.84 Å². The topological polar surface area (TPSA) is 60.2 Å². The van der Waals surface area contributed by atoms with Crippen LogP contribution in [-0.4, -0.2) is 20.7 Å². The highest BCUT2D eigenvalue weighted by Gasteiger charge is 2.10. The average molecular weight is 248 g/mol. The Hall–Kier alpha value is -0.580. The summed E-state index contributed by atoms with van der Waals surface area (Å²) in [6.07, 6.45) is 0.510. The molecule has 84 valence electrons. The number of benzene rings is 1. The van der Waals surface area contributed by atoms with Crippen LogP contribution in [-0.2, 0) is 15.6 Å². The zero-order valence-corrected chi connectivity index (χ0v) is 9.89. The van der Waals surface area contributed by atoms with Gasteiger partial charge in [0.25, 0.3) is 0 Å². The maximum atomic E-state index is 11.6. The van der Waals surface area contributed by atoms with E-state index in [9.17, 15) is 8.42 Å². The molecule has 0 radical (unpaired) electrons. The van der Waals surface area contributed by atoms with Gasteiger partial charge in [-0.05, 0) is 30.7 Å². The molecule has 0 unspecified atom stereocenters. The highest BCUT2D eigenvalue weighted by atomic mass is 35.5. The van der Waals surface area contributed by atoms with Crippen LogP contribution in [0.3, 0.4) is 0 Å². The van der Waals surface area contributed by atoms with Crippen LogP contribution in [0.25, 0.3) is 0 Å². The molecule has 0 saturated carbocycles. The summed E-state index contributed by atoms with van der Waals surface area (Å²) >= 11 is 5.70.